The summed E-state index contributed by atoms with van der Waals surface area (Å²) in [6.07, 6.45) is -0.508. The summed E-state index contributed by atoms with van der Waals surface area (Å²) < 4.78 is 33.3. The number of methoxy groups -OCH3 is 2. The van der Waals surface area contributed by atoms with E-state index in [2.05, 4.69) is 0 Å². The van der Waals surface area contributed by atoms with E-state index in [9.17, 15) is 38.3 Å². The average molecular weight is 587 g/mol. The Morgan fingerprint density at radius 3 is 1.42 bits per heavy atom. The molecule has 0 aliphatic rings. The standard InChI is InChI=1S/C22H36O10P2S2/c1-21(2,19(23)31-5)13-35-11-16-7-15(10-18(33(25,26)27)34(28,29)30)8-17(9-16)12-36-14-22(3,4)20(24)32-6/h7-9,18H,10-14H2,1-6H3,(H2,25,26,27)(H2,28,29,30). The Balaban J connectivity index is 3.18. The molecule has 0 spiro atoms. The van der Waals surface area contributed by atoms with Crippen molar-refractivity contribution in [2.75, 3.05) is 25.7 Å². The molecule has 1 aromatic carbocycles. The van der Waals surface area contributed by atoms with Gasteiger partial charge in [-0.1, -0.05) is 18.2 Å². The number of rotatable bonds is 14. The summed E-state index contributed by atoms with van der Waals surface area (Å²) in [5, 5.41) is -2.15. The summed E-state index contributed by atoms with van der Waals surface area (Å²) >= 11 is 2.93. The van der Waals surface area contributed by atoms with Crippen LogP contribution in [-0.4, -0.2) is 62.6 Å². The van der Waals surface area contributed by atoms with Gasteiger partial charge in [0.2, 0.25) is 0 Å². The van der Waals surface area contributed by atoms with Gasteiger partial charge in [0.1, 0.15) is 0 Å². The Hall–Kier alpha value is -0.840. The number of hydrogen-bond donors (Lipinski definition) is 4. The number of ether oxygens (including phenoxy) is 2. The zero-order valence-electron chi connectivity index (χ0n) is 21.3. The summed E-state index contributed by atoms with van der Waals surface area (Å²) in [5.41, 5.74) is 0.481. The number of carbonyl (C=O) groups is 2. The number of benzene rings is 1. The van der Waals surface area contributed by atoms with Crippen LogP contribution in [0.3, 0.4) is 0 Å². The van der Waals surface area contributed by atoms with Gasteiger partial charge in [-0.2, -0.15) is 23.5 Å². The Morgan fingerprint density at radius 2 is 1.11 bits per heavy atom. The van der Waals surface area contributed by atoms with Crippen molar-refractivity contribution in [2.45, 2.75) is 51.0 Å². The smallest absolute Gasteiger partial charge is 0.341 e. The Labute approximate surface area is 220 Å². The van der Waals surface area contributed by atoms with Gasteiger partial charge in [0.05, 0.1) is 25.0 Å². The van der Waals surface area contributed by atoms with E-state index in [4.69, 9.17) is 9.47 Å². The van der Waals surface area contributed by atoms with Crippen LogP contribution in [0.5, 0.6) is 0 Å². The van der Waals surface area contributed by atoms with Gasteiger partial charge in [0.25, 0.3) is 0 Å². The van der Waals surface area contributed by atoms with Gasteiger partial charge in [0.15, 0.2) is 5.40 Å². The molecule has 1 rings (SSSR count). The molecule has 0 aliphatic heterocycles. The highest BCUT2D eigenvalue weighted by Crippen LogP contribution is 2.61. The van der Waals surface area contributed by atoms with Gasteiger partial charge < -0.3 is 29.0 Å². The van der Waals surface area contributed by atoms with Gasteiger partial charge in [-0.3, -0.25) is 18.7 Å². The molecule has 36 heavy (non-hydrogen) atoms. The first-order chi connectivity index (χ1) is 16.3. The van der Waals surface area contributed by atoms with Crippen LogP contribution in [0.1, 0.15) is 44.4 Å². The predicted octanol–water partition coefficient (Wildman–Crippen LogP) is 3.78. The van der Waals surface area contributed by atoms with Crippen molar-refractivity contribution in [3.05, 3.63) is 34.9 Å². The number of esters is 2. The fourth-order valence-corrected chi connectivity index (χ4v) is 8.02. The van der Waals surface area contributed by atoms with Crippen molar-refractivity contribution in [1.29, 1.82) is 0 Å². The summed E-state index contributed by atoms with van der Waals surface area (Å²) in [7, 11) is -7.53. The highest BCUT2D eigenvalue weighted by molar-refractivity contribution is 7.98. The Kier molecular flexibility index (Phi) is 12.3. The molecule has 1 aromatic rings. The third-order valence-corrected chi connectivity index (χ3v) is 11.9. The SMILES string of the molecule is COC(=O)C(C)(C)CSCc1cc(CSCC(C)(C)C(=O)OC)cc(CC(P(=O)(O)O)P(=O)(O)O)c1. The average Bonchev–Trinajstić information content (AvgIpc) is 2.74. The van der Waals surface area contributed by atoms with Gasteiger partial charge in [-0.05, 0) is 50.8 Å². The van der Waals surface area contributed by atoms with Crippen molar-refractivity contribution in [1.82, 2.24) is 0 Å². The molecule has 10 nitrogen and oxygen atoms in total. The second-order valence-corrected chi connectivity index (χ2v) is 15.7. The molecule has 4 N–H and O–H groups in total. The molecule has 0 heterocycles. The molecule has 0 aliphatic carbocycles. The van der Waals surface area contributed by atoms with E-state index in [0.717, 1.165) is 11.1 Å². The van der Waals surface area contributed by atoms with Crippen LogP contribution in [-0.2, 0) is 46.1 Å². The first-order valence-electron chi connectivity index (χ1n) is 10.9. The lowest BCUT2D eigenvalue weighted by atomic mass is 9.97. The van der Waals surface area contributed by atoms with E-state index in [0.29, 0.717) is 28.6 Å². The maximum atomic E-state index is 11.9. The minimum atomic E-state index is -5.09. The molecular weight excluding hydrogens is 550 g/mol. The zero-order valence-corrected chi connectivity index (χ0v) is 24.7. The second-order valence-electron chi connectivity index (χ2n) is 9.76. The monoisotopic (exact) mass is 586 g/mol. The first-order valence-corrected chi connectivity index (χ1v) is 16.5. The second kappa shape index (κ2) is 13.3. The minimum absolute atomic E-state index is 0.347. The fourth-order valence-electron chi connectivity index (χ4n) is 3.29. The minimum Gasteiger partial charge on any atom is -0.469 e. The summed E-state index contributed by atoms with van der Waals surface area (Å²) in [6, 6.07) is 5.20. The number of hydrogen-bond acceptors (Lipinski definition) is 8. The van der Waals surface area contributed by atoms with Crippen LogP contribution < -0.4 is 0 Å². The summed E-state index contributed by atoms with van der Waals surface area (Å²) in [6.45, 7) is 7.05. The first kappa shape index (κ1) is 33.2. The largest absolute Gasteiger partial charge is 0.469 e. The molecule has 206 valence electrons. The lowest BCUT2D eigenvalue weighted by molar-refractivity contribution is -0.150. The van der Waals surface area contributed by atoms with Crippen LogP contribution in [0, 0.1) is 10.8 Å². The molecule has 0 radical (unpaired) electrons. The lowest BCUT2D eigenvalue weighted by Crippen LogP contribution is -2.28. The normalized spacial score (nSPS) is 13.1. The highest BCUT2D eigenvalue weighted by Gasteiger charge is 2.43. The Morgan fingerprint density at radius 1 is 0.778 bits per heavy atom. The summed E-state index contributed by atoms with van der Waals surface area (Å²) in [5.74, 6) is 1.12. The zero-order chi connectivity index (χ0) is 27.9. The third kappa shape index (κ3) is 10.5. The maximum absolute atomic E-state index is 11.9. The molecule has 0 unspecified atom stereocenters. The van der Waals surface area contributed by atoms with E-state index in [1.165, 1.54) is 37.7 Å². The third-order valence-electron chi connectivity index (χ3n) is 5.25. The van der Waals surface area contributed by atoms with Crippen LogP contribution >= 0.6 is 38.7 Å². The van der Waals surface area contributed by atoms with E-state index < -0.39 is 37.8 Å². The Bertz CT molecular complexity index is 942. The molecular formula is C22H36O10P2S2. The van der Waals surface area contributed by atoms with Gasteiger partial charge in [-0.25, -0.2) is 0 Å². The topological polar surface area (TPSA) is 168 Å². The lowest BCUT2D eigenvalue weighted by Gasteiger charge is -2.22. The van der Waals surface area contributed by atoms with E-state index in [1.54, 1.807) is 39.8 Å². The fraction of sp³-hybridized carbons (Fsp3) is 0.636. The molecule has 0 saturated heterocycles. The van der Waals surface area contributed by atoms with Crippen LogP contribution in [0.25, 0.3) is 0 Å². The molecule has 0 fully saturated rings. The van der Waals surface area contributed by atoms with E-state index in [1.807, 2.05) is 6.07 Å². The van der Waals surface area contributed by atoms with Crippen molar-refractivity contribution >= 4 is 50.7 Å². The predicted molar refractivity (Wildman–Crippen MR) is 142 cm³/mol. The van der Waals surface area contributed by atoms with Gasteiger partial charge >= 0.3 is 27.1 Å². The summed E-state index contributed by atoms with van der Waals surface area (Å²) in [4.78, 5) is 62.1. The van der Waals surface area contributed by atoms with Crippen molar-refractivity contribution < 1.29 is 47.8 Å². The van der Waals surface area contributed by atoms with Gasteiger partial charge in [-0.15, -0.1) is 0 Å². The molecule has 14 heteroatoms. The number of carbonyl (C=O) groups excluding carboxylic acids is 2. The van der Waals surface area contributed by atoms with Crippen molar-refractivity contribution in [3.8, 4) is 0 Å². The molecule has 0 saturated carbocycles. The van der Waals surface area contributed by atoms with Crippen molar-refractivity contribution in [3.63, 3.8) is 0 Å². The van der Waals surface area contributed by atoms with Gasteiger partial charge in [0, 0.05) is 23.0 Å². The van der Waals surface area contributed by atoms with Crippen molar-refractivity contribution in [2.24, 2.45) is 10.8 Å². The van der Waals surface area contributed by atoms with Crippen LogP contribution in [0.2, 0.25) is 0 Å². The molecule has 0 amide bonds. The highest BCUT2D eigenvalue weighted by atomic mass is 32.2. The molecule has 0 atom stereocenters. The quantitative estimate of drug-likeness (QED) is 0.184. The molecule has 0 aromatic heterocycles. The van der Waals surface area contributed by atoms with Crippen LogP contribution in [0.15, 0.2) is 18.2 Å². The van der Waals surface area contributed by atoms with Crippen LogP contribution in [0.4, 0.5) is 0 Å². The maximum Gasteiger partial charge on any atom is 0.341 e. The van der Waals surface area contributed by atoms with E-state index >= 15 is 0 Å². The number of thioether (sulfide) groups is 2. The molecule has 0 bridgehead atoms. The van der Waals surface area contributed by atoms with E-state index in [-0.39, 0.29) is 11.9 Å².